The Morgan fingerprint density at radius 2 is 2.26 bits per heavy atom. The number of hydrogen-bond acceptors (Lipinski definition) is 3. The van der Waals surface area contributed by atoms with Crippen molar-refractivity contribution < 1.29 is 4.79 Å². The van der Waals surface area contributed by atoms with Crippen LogP contribution in [-0.4, -0.2) is 22.4 Å². The summed E-state index contributed by atoms with van der Waals surface area (Å²) in [5, 5.41) is 3.19. The van der Waals surface area contributed by atoms with Gasteiger partial charge >= 0.3 is 0 Å². The van der Waals surface area contributed by atoms with Crippen molar-refractivity contribution in [2.45, 2.75) is 39.0 Å². The molecule has 2 rings (SSSR count). The quantitative estimate of drug-likeness (QED) is 0.923. The number of amides is 1. The van der Waals surface area contributed by atoms with Gasteiger partial charge in [0.2, 0.25) is 0 Å². The van der Waals surface area contributed by atoms with Gasteiger partial charge in [-0.3, -0.25) is 4.79 Å². The molecule has 5 heteroatoms. The molecule has 1 aromatic rings. The SMILES string of the molecule is CC1CCCC(CCNC(=O)c2cnc(Cl)cn2)C1. The number of hydrogen-bond donors (Lipinski definition) is 1. The molecule has 1 aliphatic carbocycles. The van der Waals surface area contributed by atoms with E-state index < -0.39 is 0 Å². The summed E-state index contributed by atoms with van der Waals surface area (Å²) < 4.78 is 0. The lowest BCUT2D eigenvalue weighted by atomic mass is 9.81. The molecule has 2 unspecified atom stereocenters. The van der Waals surface area contributed by atoms with Crippen LogP contribution in [0.2, 0.25) is 5.15 Å². The maximum atomic E-state index is 11.8. The molecule has 0 bridgehead atoms. The van der Waals surface area contributed by atoms with Crippen molar-refractivity contribution >= 4 is 17.5 Å². The van der Waals surface area contributed by atoms with Gasteiger partial charge in [-0.2, -0.15) is 0 Å². The van der Waals surface area contributed by atoms with E-state index in [4.69, 9.17) is 11.6 Å². The number of nitrogens with one attached hydrogen (secondary N) is 1. The first-order valence-electron chi connectivity index (χ1n) is 6.91. The molecule has 1 saturated carbocycles. The van der Waals surface area contributed by atoms with Gasteiger partial charge in [-0.05, 0) is 24.7 Å². The van der Waals surface area contributed by atoms with Gasteiger partial charge in [-0.1, -0.05) is 37.8 Å². The predicted octanol–water partition coefficient (Wildman–Crippen LogP) is 3.08. The number of rotatable bonds is 4. The summed E-state index contributed by atoms with van der Waals surface area (Å²) in [7, 11) is 0. The zero-order valence-electron chi connectivity index (χ0n) is 11.2. The van der Waals surface area contributed by atoms with Crippen molar-refractivity contribution in [3.05, 3.63) is 23.2 Å². The Hall–Kier alpha value is -1.16. The Bertz CT molecular complexity index is 421. The van der Waals surface area contributed by atoms with Gasteiger partial charge in [0.25, 0.3) is 5.91 Å². The van der Waals surface area contributed by atoms with E-state index in [9.17, 15) is 4.79 Å². The van der Waals surface area contributed by atoms with Crippen LogP contribution in [0.3, 0.4) is 0 Å². The molecule has 2 atom stereocenters. The molecule has 1 fully saturated rings. The Labute approximate surface area is 119 Å². The molecule has 104 valence electrons. The topological polar surface area (TPSA) is 54.9 Å². The normalized spacial score (nSPS) is 23.1. The molecule has 1 aromatic heterocycles. The van der Waals surface area contributed by atoms with Gasteiger partial charge in [0.1, 0.15) is 10.8 Å². The molecule has 1 N–H and O–H groups in total. The number of nitrogens with zero attached hydrogens (tertiary/aromatic N) is 2. The Balaban J connectivity index is 1.73. The molecule has 1 aliphatic rings. The van der Waals surface area contributed by atoms with Crippen molar-refractivity contribution in [3.8, 4) is 0 Å². The summed E-state index contributed by atoms with van der Waals surface area (Å²) in [6.07, 6.45) is 9.10. The monoisotopic (exact) mass is 281 g/mol. The smallest absolute Gasteiger partial charge is 0.271 e. The van der Waals surface area contributed by atoms with Gasteiger partial charge in [0.15, 0.2) is 0 Å². The standard InChI is InChI=1S/C14H20ClN3O/c1-10-3-2-4-11(7-10)5-6-16-14(19)12-8-18-13(15)9-17-12/h8-11H,2-7H2,1H3,(H,16,19). The third-order valence-corrected chi connectivity index (χ3v) is 3.93. The van der Waals surface area contributed by atoms with E-state index in [0.29, 0.717) is 17.4 Å². The molecular formula is C14H20ClN3O. The first kappa shape index (κ1) is 14.3. The van der Waals surface area contributed by atoms with Gasteiger partial charge in [-0.15, -0.1) is 0 Å². The van der Waals surface area contributed by atoms with Crippen molar-refractivity contribution in [2.24, 2.45) is 11.8 Å². The van der Waals surface area contributed by atoms with Crippen LogP contribution in [0.25, 0.3) is 0 Å². The highest BCUT2D eigenvalue weighted by Crippen LogP contribution is 2.30. The second kappa shape index (κ2) is 6.85. The lowest BCUT2D eigenvalue weighted by molar-refractivity contribution is 0.0944. The molecule has 1 heterocycles. The molecule has 0 spiro atoms. The predicted molar refractivity (Wildman–Crippen MR) is 75.1 cm³/mol. The third kappa shape index (κ3) is 4.46. The molecule has 19 heavy (non-hydrogen) atoms. The van der Waals surface area contributed by atoms with Crippen LogP contribution >= 0.6 is 11.6 Å². The van der Waals surface area contributed by atoms with E-state index in [2.05, 4.69) is 22.2 Å². The molecule has 0 aliphatic heterocycles. The van der Waals surface area contributed by atoms with Crippen molar-refractivity contribution in [2.75, 3.05) is 6.54 Å². The Morgan fingerprint density at radius 1 is 1.42 bits per heavy atom. The lowest BCUT2D eigenvalue weighted by Gasteiger charge is -2.26. The fourth-order valence-corrected chi connectivity index (χ4v) is 2.83. The molecule has 4 nitrogen and oxygen atoms in total. The molecule has 0 aromatic carbocycles. The summed E-state index contributed by atoms with van der Waals surface area (Å²) in [6, 6.07) is 0. The van der Waals surface area contributed by atoms with Crippen molar-refractivity contribution in [1.29, 1.82) is 0 Å². The van der Waals surface area contributed by atoms with E-state index >= 15 is 0 Å². The zero-order valence-corrected chi connectivity index (χ0v) is 12.0. The van der Waals surface area contributed by atoms with Gasteiger partial charge in [0.05, 0.1) is 12.4 Å². The second-order valence-electron chi connectivity index (χ2n) is 5.41. The highest BCUT2D eigenvalue weighted by atomic mass is 35.5. The lowest BCUT2D eigenvalue weighted by Crippen LogP contribution is -2.27. The summed E-state index contributed by atoms with van der Waals surface area (Å²) in [4.78, 5) is 19.6. The molecular weight excluding hydrogens is 262 g/mol. The average Bonchev–Trinajstić information content (AvgIpc) is 2.39. The maximum absolute atomic E-state index is 11.8. The van der Waals surface area contributed by atoms with E-state index in [1.165, 1.54) is 38.1 Å². The summed E-state index contributed by atoms with van der Waals surface area (Å²) in [5.41, 5.74) is 0.321. The number of carbonyl (C=O) groups is 1. The van der Waals surface area contributed by atoms with Crippen molar-refractivity contribution in [3.63, 3.8) is 0 Å². The first-order chi connectivity index (χ1) is 9.15. The highest BCUT2D eigenvalue weighted by Gasteiger charge is 2.18. The molecule has 1 amide bonds. The average molecular weight is 282 g/mol. The summed E-state index contributed by atoms with van der Waals surface area (Å²) >= 11 is 5.63. The van der Waals surface area contributed by atoms with Crippen LogP contribution in [0.5, 0.6) is 0 Å². The van der Waals surface area contributed by atoms with Crippen molar-refractivity contribution in [1.82, 2.24) is 15.3 Å². The summed E-state index contributed by atoms with van der Waals surface area (Å²) in [5.74, 6) is 1.41. The van der Waals surface area contributed by atoms with Crippen LogP contribution in [-0.2, 0) is 0 Å². The van der Waals surface area contributed by atoms with E-state index in [1.807, 2.05) is 0 Å². The minimum atomic E-state index is -0.173. The number of halogens is 1. The minimum Gasteiger partial charge on any atom is -0.351 e. The number of aromatic nitrogens is 2. The Kier molecular flexibility index (Phi) is 5.14. The van der Waals surface area contributed by atoms with Gasteiger partial charge in [0, 0.05) is 6.54 Å². The van der Waals surface area contributed by atoms with E-state index in [-0.39, 0.29) is 5.91 Å². The van der Waals surface area contributed by atoms with Crippen LogP contribution in [0.1, 0.15) is 49.5 Å². The second-order valence-corrected chi connectivity index (χ2v) is 5.79. The van der Waals surface area contributed by atoms with E-state index in [0.717, 1.165) is 18.3 Å². The largest absolute Gasteiger partial charge is 0.351 e. The highest BCUT2D eigenvalue weighted by molar-refractivity contribution is 6.29. The van der Waals surface area contributed by atoms with Crippen LogP contribution < -0.4 is 5.32 Å². The maximum Gasteiger partial charge on any atom is 0.271 e. The van der Waals surface area contributed by atoms with Gasteiger partial charge in [-0.25, -0.2) is 9.97 Å². The fourth-order valence-electron chi connectivity index (χ4n) is 2.73. The van der Waals surface area contributed by atoms with Gasteiger partial charge < -0.3 is 5.32 Å². The van der Waals surface area contributed by atoms with Crippen LogP contribution in [0.15, 0.2) is 12.4 Å². The Morgan fingerprint density at radius 3 is 2.95 bits per heavy atom. The minimum absolute atomic E-state index is 0.173. The third-order valence-electron chi connectivity index (χ3n) is 3.74. The number of carbonyl (C=O) groups excluding carboxylic acids is 1. The van der Waals surface area contributed by atoms with E-state index in [1.54, 1.807) is 0 Å². The zero-order chi connectivity index (χ0) is 13.7. The molecule has 0 saturated heterocycles. The van der Waals surface area contributed by atoms with Crippen LogP contribution in [0.4, 0.5) is 0 Å². The molecule has 0 radical (unpaired) electrons. The van der Waals surface area contributed by atoms with Crippen LogP contribution in [0, 0.1) is 11.8 Å². The fraction of sp³-hybridized carbons (Fsp3) is 0.643. The summed E-state index contributed by atoms with van der Waals surface area (Å²) in [6.45, 7) is 3.02. The first-order valence-corrected chi connectivity index (χ1v) is 7.28.